The van der Waals surface area contributed by atoms with E-state index in [1.165, 1.54) is 11.3 Å². The maximum atomic E-state index is 12.0. The second-order valence-electron chi connectivity index (χ2n) is 5.06. The summed E-state index contributed by atoms with van der Waals surface area (Å²) in [6, 6.07) is 14.1. The zero-order valence-electron chi connectivity index (χ0n) is 12.6. The van der Waals surface area contributed by atoms with E-state index < -0.39 is 5.97 Å². The summed E-state index contributed by atoms with van der Waals surface area (Å²) in [6.45, 7) is 0.0422. The van der Waals surface area contributed by atoms with E-state index in [0.29, 0.717) is 16.3 Å². The van der Waals surface area contributed by atoms with Gasteiger partial charge in [-0.05, 0) is 23.8 Å². The van der Waals surface area contributed by atoms with Crippen LogP contribution in [-0.4, -0.2) is 16.1 Å². The minimum atomic E-state index is -0.424. The highest BCUT2D eigenvalue weighted by atomic mass is 35.5. The summed E-state index contributed by atoms with van der Waals surface area (Å²) in [4.78, 5) is 16.5. The van der Waals surface area contributed by atoms with Crippen molar-refractivity contribution in [2.45, 2.75) is 13.2 Å². The SMILES string of the molecule is O=C(OCc1csc(-c2ccccc2Cl)n1)c1ccc(CO)cc1. The number of ether oxygens (including phenoxy) is 1. The van der Waals surface area contributed by atoms with Crippen LogP contribution in [0.5, 0.6) is 0 Å². The van der Waals surface area contributed by atoms with Crippen molar-refractivity contribution >= 4 is 28.9 Å². The normalized spacial score (nSPS) is 10.6. The molecule has 4 nitrogen and oxygen atoms in total. The third-order valence-electron chi connectivity index (χ3n) is 3.38. The lowest BCUT2D eigenvalue weighted by Crippen LogP contribution is -2.05. The van der Waals surface area contributed by atoms with Gasteiger partial charge in [-0.25, -0.2) is 9.78 Å². The lowest BCUT2D eigenvalue weighted by Gasteiger charge is -2.04. The molecule has 0 aliphatic carbocycles. The lowest BCUT2D eigenvalue weighted by atomic mass is 10.1. The molecule has 0 fully saturated rings. The smallest absolute Gasteiger partial charge is 0.338 e. The topological polar surface area (TPSA) is 59.4 Å². The fraction of sp³-hybridized carbons (Fsp3) is 0.111. The van der Waals surface area contributed by atoms with Crippen LogP contribution in [0.4, 0.5) is 0 Å². The Bertz CT molecular complexity index is 845. The first kappa shape index (κ1) is 16.6. The Balaban J connectivity index is 1.65. The number of nitrogens with zero attached hydrogens (tertiary/aromatic N) is 1. The van der Waals surface area contributed by atoms with Crippen LogP contribution in [0.3, 0.4) is 0 Å². The first-order valence-electron chi connectivity index (χ1n) is 7.23. The van der Waals surface area contributed by atoms with E-state index >= 15 is 0 Å². The van der Waals surface area contributed by atoms with Crippen LogP contribution in [0, 0.1) is 0 Å². The molecule has 1 heterocycles. The molecule has 1 N–H and O–H groups in total. The van der Waals surface area contributed by atoms with Crippen LogP contribution in [0.25, 0.3) is 10.6 Å². The molecule has 2 aromatic carbocycles. The fourth-order valence-electron chi connectivity index (χ4n) is 2.10. The maximum Gasteiger partial charge on any atom is 0.338 e. The molecule has 6 heteroatoms. The van der Waals surface area contributed by atoms with Crippen molar-refractivity contribution in [3.05, 3.63) is 75.8 Å². The molecule has 0 aliphatic rings. The van der Waals surface area contributed by atoms with E-state index in [9.17, 15) is 4.79 Å². The Morgan fingerprint density at radius 3 is 2.62 bits per heavy atom. The molecule has 0 saturated heterocycles. The van der Waals surface area contributed by atoms with Crippen LogP contribution < -0.4 is 0 Å². The molecular formula is C18H14ClNO3S. The van der Waals surface area contributed by atoms with E-state index in [1.807, 2.05) is 29.6 Å². The van der Waals surface area contributed by atoms with E-state index in [-0.39, 0.29) is 13.2 Å². The van der Waals surface area contributed by atoms with Crippen LogP contribution in [0.15, 0.2) is 53.9 Å². The quantitative estimate of drug-likeness (QED) is 0.689. The van der Waals surface area contributed by atoms with Gasteiger partial charge in [-0.2, -0.15) is 0 Å². The van der Waals surface area contributed by atoms with Gasteiger partial charge in [0.15, 0.2) is 0 Å². The van der Waals surface area contributed by atoms with Crippen molar-refractivity contribution in [2.75, 3.05) is 0 Å². The Kier molecular flexibility index (Phi) is 5.25. The van der Waals surface area contributed by atoms with Crippen molar-refractivity contribution in [1.82, 2.24) is 4.98 Å². The monoisotopic (exact) mass is 359 g/mol. The van der Waals surface area contributed by atoms with Gasteiger partial charge < -0.3 is 9.84 Å². The summed E-state index contributed by atoms with van der Waals surface area (Å²) in [5.41, 5.74) is 2.72. The number of carbonyl (C=O) groups excluding carboxylic acids is 1. The Hall–Kier alpha value is -2.21. The number of aromatic nitrogens is 1. The van der Waals surface area contributed by atoms with Crippen LogP contribution in [0.2, 0.25) is 5.02 Å². The Morgan fingerprint density at radius 2 is 1.92 bits per heavy atom. The molecule has 0 spiro atoms. The second-order valence-corrected chi connectivity index (χ2v) is 6.32. The van der Waals surface area contributed by atoms with Crippen LogP contribution in [0.1, 0.15) is 21.6 Å². The van der Waals surface area contributed by atoms with E-state index in [1.54, 1.807) is 24.3 Å². The summed E-state index contributed by atoms with van der Waals surface area (Å²) in [5, 5.41) is 12.3. The third kappa shape index (κ3) is 3.82. The summed E-state index contributed by atoms with van der Waals surface area (Å²) < 4.78 is 5.28. The molecule has 0 radical (unpaired) electrons. The molecule has 0 atom stereocenters. The molecule has 0 bridgehead atoms. The highest BCUT2D eigenvalue weighted by molar-refractivity contribution is 7.13. The number of rotatable bonds is 5. The Morgan fingerprint density at radius 1 is 1.17 bits per heavy atom. The molecule has 122 valence electrons. The molecular weight excluding hydrogens is 346 g/mol. The summed E-state index contributed by atoms with van der Waals surface area (Å²) in [6.07, 6.45) is 0. The van der Waals surface area contributed by atoms with Crippen molar-refractivity contribution in [2.24, 2.45) is 0 Å². The number of thiazole rings is 1. The molecule has 0 amide bonds. The largest absolute Gasteiger partial charge is 0.456 e. The lowest BCUT2D eigenvalue weighted by molar-refractivity contribution is 0.0468. The second kappa shape index (κ2) is 7.57. The molecule has 3 aromatic rings. The van der Waals surface area contributed by atoms with Gasteiger partial charge in [-0.1, -0.05) is 41.9 Å². The predicted octanol–water partition coefficient (Wildman–Crippen LogP) is 4.31. The number of benzene rings is 2. The number of carbonyl (C=O) groups is 1. The average Bonchev–Trinajstić information content (AvgIpc) is 3.09. The van der Waals surface area contributed by atoms with Crippen molar-refractivity contribution in [1.29, 1.82) is 0 Å². The van der Waals surface area contributed by atoms with Crippen LogP contribution in [-0.2, 0) is 18.0 Å². The van der Waals surface area contributed by atoms with Gasteiger partial charge in [0.2, 0.25) is 0 Å². The highest BCUT2D eigenvalue weighted by Gasteiger charge is 2.11. The van der Waals surface area contributed by atoms with Crippen molar-refractivity contribution in [3.8, 4) is 10.6 Å². The highest BCUT2D eigenvalue weighted by Crippen LogP contribution is 2.30. The van der Waals surface area contributed by atoms with Gasteiger partial charge in [0.25, 0.3) is 0 Å². The van der Waals surface area contributed by atoms with Crippen molar-refractivity contribution < 1.29 is 14.6 Å². The minimum Gasteiger partial charge on any atom is -0.456 e. The third-order valence-corrected chi connectivity index (χ3v) is 4.63. The number of esters is 1. The number of hydrogen-bond donors (Lipinski definition) is 1. The first-order valence-corrected chi connectivity index (χ1v) is 8.49. The van der Waals surface area contributed by atoms with Gasteiger partial charge in [0.1, 0.15) is 11.6 Å². The van der Waals surface area contributed by atoms with Gasteiger partial charge >= 0.3 is 5.97 Å². The van der Waals surface area contributed by atoms with Gasteiger partial charge in [0.05, 0.1) is 22.9 Å². The number of hydrogen-bond acceptors (Lipinski definition) is 5. The number of halogens is 1. The minimum absolute atomic E-state index is 0.0566. The summed E-state index contributed by atoms with van der Waals surface area (Å²) in [5.74, 6) is -0.424. The van der Waals surface area contributed by atoms with E-state index in [4.69, 9.17) is 21.4 Å². The van der Waals surface area contributed by atoms with Crippen LogP contribution >= 0.6 is 22.9 Å². The first-order chi connectivity index (χ1) is 11.7. The fourth-order valence-corrected chi connectivity index (χ4v) is 3.23. The molecule has 1 aromatic heterocycles. The van der Waals surface area contributed by atoms with E-state index in [2.05, 4.69) is 4.98 Å². The number of aliphatic hydroxyl groups is 1. The van der Waals surface area contributed by atoms with Gasteiger partial charge in [-0.3, -0.25) is 0 Å². The summed E-state index contributed by atoms with van der Waals surface area (Å²) in [7, 11) is 0. The molecule has 24 heavy (non-hydrogen) atoms. The zero-order valence-corrected chi connectivity index (χ0v) is 14.2. The standard InChI is InChI=1S/C18H14ClNO3S/c19-16-4-2-1-3-15(16)17-20-14(11-24-17)10-23-18(22)13-7-5-12(9-21)6-8-13/h1-8,11,21H,9-10H2. The molecule has 0 saturated carbocycles. The van der Waals surface area contributed by atoms with Gasteiger partial charge in [0, 0.05) is 10.9 Å². The van der Waals surface area contributed by atoms with Gasteiger partial charge in [-0.15, -0.1) is 11.3 Å². The molecule has 0 aliphatic heterocycles. The zero-order chi connectivity index (χ0) is 16.9. The Labute approximate surface area is 148 Å². The van der Waals surface area contributed by atoms with E-state index in [0.717, 1.165) is 16.1 Å². The average molecular weight is 360 g/mol. The summed E-state index contributed by atoms with van der Waals surface area (Å²) >= 11 is 7.62. The van der Waals surface area contributed by atoms with Crippen molar-refractivity contribution in [3.63, 3.8) is 0 Å². The molecule has 3 rings (SSSR count). The predicted molar refractivity (Wildman–Crippen MR) is 94.0 cm³/mol. The maximum absolute atomic E-state index is 12.0. The number of aliphatic hydroxyl groups excluding tert-OH is 1. The molecule has 0 unspecified atom stereocenters.